The first-order valence-corrected chi connectivity index (χ1v) is 3.43. The minimum atomic E-state index is 0.327. The predicted octanol–water partition coefficient (Wildman–Crippen LogP) is -0.435. The Morgan fingerprint density at radius 3 is 2.70 bits per heavy atom. The second-order valence-corrected chi connectivity index (χ2v) is 3.16. The summed E-state index contributed by atoms with van der Waals surface area (Å²) in [6.45, 7) is 2.99. The third kappa shape index (κ3) is 1.88. The van der Waals surface area contributed by atoms with Crippen molar-refractivity contribution in [2.24, 2.45) is 22.0 Å². The summed E-state index contributed by atoms with van der Waals surface area (Å²) in [5.41, 5.74) is 8.03. The van der Waals surface area contributed by atoms with Crippen LogP contribution >= 0.6 is 0 Å². The Labute approximate surface area is 60.7 Å². The van der Waals surface area contributed by atoms with E-state index in [1.165, 1.54) is 12.8 Å². The van der Waals surface area contributed by atoms with Gasteiger partial charge in [-0.25, -0.2) is 5.84 Å². The molecule has 0 unspecified atom stereocenters. The molecule has 0 spiro atoms. The quantitative estimate of drug-likeness (QED) is 0.212. The summed E-state index contributed by atoms with van der Waals surface area (Å²) in [6.07, 6.45) is 2.52. The minimum Gasteiger partial charge on any atom is -0.369 e. The fourth-order valence-electron chi connectivity index (χ4n) is 0.693. The molecule has 5 N–H and O–H groups in total. The monoisotopic (exact) mass is 142 g/mol. The van der Waals surface area contributed by atoms with E-state index in [-0.39, 0.29) is 0 Å². The molecule has 0 saturated heterocycles. The van der Waals surface area contributed by atoms with Crippen molar-refractivity contribution in [1.29, 1.82) is 0 Å². The molecular formula is C6H14N4. The molecule has 0 aromatic heterocycles. The molecule has 1 rings (SSSR count). The molecule has 4 nitrogen and oxygen atoms in total. The molecule has 0 heterocycles. The normalized spacial score (nSPS) is 22.4. The van der Waals surface area contributed by atoms with Gasteiger partial charge in [0.15, 0.2) is 0 Å². The third-order valence-electron chi connectivity index (χ3n) is 1.88. The largest absolute Gasteiger partial charge is 0.369 e. The Morgan fingerprint density at radius 1 is 1.70 bits per heavy atom. The van der Waals surface area contributed by atoms with Crippen molar-refractivity contribution < 1.29 is 0 Å². The van der Waals surface area contributed by atoms with E-state index < -0.39 is 0 Å². The fraction of sp³-hybridized carbons (Fsp3) is 0.833. The van der Waals surface area contributed by atoms with Crippen molar-refractivity contribution in [1.82, 2.24) is 5.43 Å². The molecule has 0 bridgehead atoms. The topological polar surface area (TPSA) is 76.4 Å². The zero-order valence-electron chi connectivity index (χ0n) is 6.22. The molecule has 1 fully saturated rings. The Hall–Kier alpha value is -0.770. The lowest BCUT2D eigenvalue weighted by Crippen LogP contribution is -2.37. The SMILES string of the molecule is CC1(CN=C(N)NN)CC1. The average Bonchev–Trinajstić information content (AvgIpc) is 2.64. The highest BCUT2D eigenvalue weighted by molar-refractivity contribution is 5.77. The predicted molar refractivity (Wildman–Crippen MR) is 41.2 cm³/mol. The van der Waals surface area contributed by atoms with Gasteiger partial charge in [-0.2, -0.15) is 0 Å². The number of hydrazine groups is 1. The van der Waals surface area contributed by atoms with Gasteiger partial charge in [0, 0.05) is 6.54 Å². The van der Waals surface area contributed by atoms with Gasteiger partial charge in [0.05, 0.1) is 0 Å². The van der Waals surface area contributed by atoms with Crippen LogP contribution in [-0.2, 0) is 0 Å². The zero-order chi connectivity index (χ0) is 7.61. The van der Waals surface area contributed by atoms with Crippen LogP contribution in [0.4, 0.5) is 0 Å². The van der Waals surface area contributed by atoms with E-state index in [0.29, 0.717) is 11.4 Å². The fourth-order valence-corrected chi connectivity index (χ4v) is 0.693. The van der Waals surface area contributed by atoms with Gasteiger partial charge in [0.1, 0.15) is 0 Å². The summed E-state index contributed by atoms with van der Waals surface area (Å²) < 4.78 is 0. The first-order valence-electron chi connectivity index (χ1n) is 3.43. The molecule has 58 valence electrons. The molecular weight excluding hydrogens is 128 g/mol. The molecule has 0 aliphatic heterocycles. The van der Waals surface area contributed by atoms with Crippen molar-refractivity contribution in [2.75, 3.05) is 6.54 Å². The van der Waals surface area contributed by atoms with E-state index >= 15 is 0 Å². The number of rotatable bonds is 2. The van der Waals surface area contributed by atoms with Gasteiger partial charge in [-0.1, -0.05) is 6.92 Å². The zero-order valence-corrected chi connectivity index (χ0v) is 6.22. The molecule has 1 aliphatic carbocycles. The Morgan fingerprint density at radius 2 is 2.30 bits per heavy atom. The maximum Gasteiger partial charge on any atom is 0.203 e. The van der Waals surface area contributed by atoms with Crippen molar-refractivity contribution in [3.05, 3.63) is 0 Å². The minimum absolute atomic E-state index is 0.327. The summed E-state index contributed by atoms with van der Waals surface area (Å²) in [7, 11) is 0. The molecule has 0 aromatic rings. The van der Waals surface area contributed by atoms with E-state index in [9.17, 15) is 0 Å². The summed E-state index contributed by atoms with van der Waals surface area (Å²) in [5.74, 6) is 5.34. The second kappa shape index (κ2) is 2.46. The number of aliphatic imine (C=N–C) groups is 1. The van der Waals surface area contributed by atoms with Gasteiger partial charge < -0.3 is 5.73 Å². The van der Waals surface area contributed by atoms with Crippen molar-refractivity contribution in [2.45, 2.75) is 19.8 Å². The van der Waals surface area contributed by atoms with Crippen LogP contribution in [0.15, 0.2) is 4.99 Å². The van der Waals surface area contributed by atoms with E-state index in [0.717, 1.165) is 6.54 Å². The molecule has 4 heteroatoms. The van der Waals surface area contributed by atoms with Gasteiger partial charge in [-0.3, -0.25) is 10.4 Å². The molecule has 0 radical (unpaired) electrons. The van der Waals surface area contributed by atoms with Gasteiger partial charge >= 0.3 is 0 Å². The lowest BCUT2D eigenvalue weighted by atomic mass is 10.1. The smallest absolute Gasteiger partial charge is 0.203 e. The summed E-state index contributed by atoms with van der Waals surface area (Å²) in [6, 6.07) is 0. The van der Waals surface area contributed by atoms with Crippen LogP contribution in [0.5, 0.6) is 0 Å². The van der Waals surface area contributed by atoms with E-state index in [1.54, 1.807) is 0 Å². The van der Waals surface area contributed by atoms with Gasteiger partial charge in [-0.15, -0.1) is 0 Å². The Bertz CT molecular complexity index is 148. The Balaban J connectivity index is 2.26. The molecule has 1 saturated carbocycles. The summed E-state index contributed by atoms with van der Waals surface area (Å²) in [4.78, 5) is 4.03. The van der Waals surface area contributed by atoms with Crippen LogP contribution in [0, 0.1) is 5.41 Å². The van der Waals surface area contributed by atoms with E-state index in [2.05, 4.69) is 17.3 Å². The first kappa shape index (κ1) is 7.34. The van der Waals surface area contributed by atoms with Crippen LogP contribution < -0.4 is 17.0 Å². The standard InChI is InChI=1S/C6H14N4/c1-6(2-3-6)4-9-5(7)10-8/h2-4,8H2,1H3,(H3,7,9,10). The molecule has 10 heavy (non-hydrogen) atoms. The molecule has 0 atom stereocenters. The number of nitrogens with one attached hydrogen (secondary N) is 1. The molecule has 0 amide bonds. The van der Waals surface area contributed by atoms with Crippen LogP contribution in [-0.4, -0.2) is 12.5 Å². The van der Waals surface area contributed by atoms with Gasteiger partial charge in [0.2, 0.25) is 5.96 Å². The number of hydrogen-bond donors (Lipinski definition) is 3. The second-order valence-electron chi connectivity index (χ2n) is 3.16. The highest BCUT2D eigenvalue weighted by atomic mass is 15.3. The van der Waals surface area contributed by atoms with E-state index in [1.807, 2.05) is 0 Å². The number of guanidine groups is 1. The highest BCUT2D eigenvalue weighted by Gasteiger charge is 2.36. The highest BCUT2D eigenvalue weighted by Crippen LogP contribution is 2.44. The lowest BCUT2D eigenvalue weighted by Gasteiger charge is -2.03. The van der Waals surface area contributed by atoms with Gasteiger partial charge in [0.25, 0.3) is 0 Å². The number of nitrogens with two attached hydrogens (primary N) is 2. The van der Waals surface area contributed by atoms with Crippen LogP contribution in [0.2, 0.25) is 0 Å². The van der Waals surface area contributed by atoms with Crippen molar-refractivity contribution >= 4 is 5.96 Å². The average molecular weight is 142 g/mol. The maximum atomic E-state index is 5.32. The summed E-state index contributed by atoms with van der Waals surface area (Å²) in [5, 5.41) is 0. The lowest BCUT2D eigenvalue weighted by molar-refractivity contribution is 0.588. The van der Waals surface area contributed by atoms with Crippen LogP contribution in [0.25, 0.3) is 0 Å². The first-order chi connectivity index (χ1) is 4.66. The maximum absolute atomic E-state index is 5.32. The summed E-state index contributed by atoms with van der Waals surface area (Å²) >= 11 is 0. The van der Waals surface area contributed by atoms with Crippen LogP contribution in [0.3, 0.4) is 0 Å². The van der Waals surface area contributed by atoms with E-state index in [4.69, 9.17) is 11.6 Å². The van der Waals surface area contributed by atoms with Gasteiger partial charge in [-0.05, 0) is 18.3 Å². The molecule has 0 aromatic carbocycles. The van der Waals surface area contributed by atoms with Crippen molar-refractivity contribution in [3.8, 4) is 0 Å². The molecule has 1 aliphatic rings. The third-order valence-corrected chi connectivity index (χ3v) is 1.88. The Kier molecular flexibility index (Phi) is 1.80. The van der Waals surface area contributed by atoms with Crippen molar-refractivity contribution in [3.63, 3.8) is 0 Å². The number of hydrogen-bond acceptors (Lipinski definition) is 2. The van der Waals surface area contributed by atoms with Crippen LogP contribution in [0.1, 0.15) is 19.8 Å². The number of nitrogens with zero attached hydrogens (tertiary/aromatic N) is 1.